The number of phenolic OH excluding ortho intramolecular Hbond substituents is 1. The van der Waals surface area contributed by atoms with E-state index in [1.54, 1.807) is 0 Å². The number of anilines is 1. The molecule has 0 aromatic heterocycles. The molecule has 1 amide bonds. The van der Waals surface area contributed by atoms with Crippen LogP contribution in [-0.2, 0) is 4.74 Å². The van der Waals surface area contributed by atoms with Gasteiger partial charge in [-0.1, -0.05) is 80.6 Å². The van der Waals surface area contributed by atoms with E-state index in [2.05, 4.69) is 15.5 Å². The number of aromatic hydroxyl groups is 1. The Morgan fingerprint density at radius 1 is 0.860 bits per heavy atom. The molecule has 0 saturated carbocycles. The van der Waals surface area contributed by atoms with Crippen LogP contribution in [0.3, 0.4) is 0 Å². The average molecular weight is 590 g/mol. The highest BCUT2D eigenvalue weighted by Gasteiger charge is 2.22. The first-order valence-corrected chi connectivity index (χ1v) is 15.6. The van der Waals surface area contributed by atoms with Crippen molar-refractivity contribution in [2.24, 2.45) is 0 Å². The molecule has 43 heavy (non-hydrogen) atoms. The van der Waals surface area contributed by atoms with E-state index in [0.29, 0.717) is 0 Å². The van der Waals surface area contributed by atoms with Gasteiger partial charge in [0.15, 0.2) is 17.3 Å². The Labute approximate surface area is 254 Å². The standard InChI is InChI=1S/C35H44FN3O4/c36-31-25-28(17-18-33(31)40)34(41)26-37-21-11-4-2-1-3-5-12-22-39-23-19-29(20-24-39)43-35(42)38-32-16-10-9-15-30(32)27-13-7-6-8-14-27/h6-10,13-18,25,29,37,40H,1-5,11-12,19-24,26H2,(H,38,42). The number of piperidine rings is 1. The van der Waals surface area contributed by atoms with Gasteiger partial charge in [-0.15, -0.1) is 0 Å². The number of benzene rings is 3. The second kappa shape index (κ2) is 17.4. The van der Waals surface area contributed by atoms with E-state index < -0.39 is 17.7 Å². The topological polar surface area (TPSA) is 90.9 Å². The van der Waals surface area contributed by atoms with Crippen molar-refractivity contribution in [3.8, 4) is 16.9 Å². The number of para-hydroxylation sites is 1. The lowest BCUT2D eigenvalue weighted by Gasteiger charge is -2.31. The molecule has 0 radical (unpaired) electrons. The summed E-state index contributed by atoms with van der Waals surface area (Å²) in [7, 11) is 0. The molecule has 1 fully saturated rings. The number of amides is 1. The van der Waals surface area contributed by atoms with Crippen LogP contribution < -0.4 is 10.6 Å². The monoisotopic (exact) mass is 589 g/mol. The zero-order chi connectivity index (χ0) is 30.3. The predicted molar refractivity (Wildman–Crippen MR) is 169 cm³/mol. The summed E-state index contributed by atoms with van der Waals surface area (Å²) < 4.78 is 19.1. The number of ether oxygens (including phenoxy) is 1. The van der Waals surface area contributed by atoms with Gasteiger partial charge < -0.3 is 20.1 Å². The summed E-state index contributed by atoms with van der Waals surface area (Å²) in [5.74, 6) is -1.40. The number of carbonyl (C=O) groups is 2. The molecule has 3 aromatic carbocycles. The number of phenols is 1. The maximum atomic E-state index is 13.4. The van der Waals surface area contributed by atoms with Crippen molar-refractivity contribution in [2.45, 2.75) is 63.9 Å². The Balaban J connectivity index is 0.988. The number of hydrogen-bond acceptors (Lipinski definition) is 6. The Morgan fingerprint density at radius 3 is 2.28 bits per heavy atom. The first-order chi connectivity index (χ1) is 21.0. The molecule has 7 nitrogen and oxygen atoms in total. The third kappa shape index (κ3) is 10.8. The summed E-state index contributed by atoms with van der Waals surface area (Å²) in [6.45, 7) is 3.93. The summed E-state index contributed by atoms with van der Waals surface area (Å²) in [6, 6.07) is 21.5. The molecular weight excluding hydrogens is 545 g/mol. The fourth-order valence-corrected chi connectivity index (χ4v) is 5.46. The Morgan fingerprint density at radius 2 is 1.53 bits per heavy atom. The smallest absolute Gasteiger partial charge is 0.411 e. The van der Waals surface area contributed by atoms with E-state index in [1.165, 1.54) is 44.2 Å². The molecule has 0 bridgehead atoms. The number of rotatable bonds is 16. The van der Waals surface area contributed by atoms with Crippen molar-refractivity contribution in [1.82, 2.24) is 10.2 Å². The number of nitrogens with zero attached hydrogens (tertiary/aromatic N) is 1. The minimum absolute atomic E-state index is 0.0523. The minimum atomic E-state index is -0.774. The van der Waals surface area contributed by atoms with Gasteiger partial charge in [-0.05, 0) is 68.6 Å². The molecule has 0 atom stereocenters. The van der Waals surface area contributed by atoms with Crippen LogP contribution in [-0.4, -0.2) is 60.7 Å². The number of halogens is 1. The van der Waals surface area contributed by atoms with E-state index >= 15 is 0 Å². The van der Waals surface area contributed by atoms with Crippen molar-refractivity contribution < 1.29 is 23.8 Å². The molecule has 8 heteroatoms. The summed E-state index contributed by atoms with van der Waals surface area (Å²) >= 11 is 0. The summed E-state index contributed by atoms with van der Waals surface area (Å²) in [5.41, 5.74) is 3.05. The number of nitrogens with one attached hydrogen (secondary N) is 2. The number of ketones is 1. The molecule has 4 rings (SSSR count). The zero-order valence-corrected chi connectivity index (χ0v) is 24.9. The molecule has 0 unspecified atom stereocenters. The van der Waals surface area contributed by atoms with E-state index in [0.717, 1.165) is 74.7 Å². The first-order valence-electron chi connectivity index (χ1n) is 15.6. The highest BCUT2D eigenvalue weighted by Crippen LogP contribution is 2.28. The highest BCUT2D eigenvalue weighted by atomic mass is 19.1. The molecule has 3 N–H and O–H groups in total. The molecule has 1 saturated heterocycles. The van der Waals surface area contributed by atoms with Gasteiger partial charge in [-0.3, -0.25) is 10.1 Å². The number of likely N-dealkylation sites (tertiary alicyclic amines) is 1. The van der Waals surface area contributed by atoms with E-state index in [9.17, 15) is 19.1 Å². The second-order valence-corrected chi connectivity index (χ2v) is 11.2. The second-order valence-electron chi connectivity index (χ2n) is 11.2. The van der Waals surface area contributed by atoms with Crippen LogP contribution in [0.5, 0.6) is 5.75 Å². The van der Waals surface area contributed by atoms with E-state index in [4.69, 9.17) is 4.74 Å². The summed E-state index contributed by atoms with van der Waals surface area (Å²) in [6.07, 6.45) is 9.42. The maximum Gasteiger partial charge on any atom is 0.411 e. The normalized spacial score (nSPS) is 14.0. The van der Waals surface area contributed by atoms with Crippen molar-refractivity contribution in [2.75, 3.05) is 38.0 Å². The zero-order valence-electron chi connectivity index (χ0n) is 24.9. The van der Waals surface area contributed by atoms with Crippen molar-refractivity contribution in [3.05, 3.63) is 84.2 Å². The minimum Gasteiger partial charge on any atom is -0.505 e. The van der Waals surface area contributed by atoms with Crippen LogP contribution >= 0.6 is 0 Å². The predicted octanol–water partition coefficient (Wildman–Crippen LogP) is 7.41. The molecule has 0 spiro atoms. The van der Waals surface area contributed by atoms with Gasteiger partial charge in [0.1, 0.15) is 6.10 Å². The fourth-order valence-electron chi connectivity index (χ4n) is 5.46. The van der Waals surface area contributed by atoms with Crippen molar-refractivity contribution in [1.29, 1.82) is 0 Å². The number of Topliss-reactive ketones (excluding diaryl/α,β-unsaturated/α-hetero) is 1. The van der Waals surface area contributed by atoms with Crippen LogP contribution in [0.4, 0.5) is 14.9 Å². The number of hydrogen-bond donors (Lipinski definition) is 3. The fraction of sp³-hybridized carbons (Fsp3) is 0.429. The Kier molecular flexibility index (Phi) is 13.0. The van der Waals surface area contributed by atoms with Gasteiger partial charge in [-0.2, -0.15) is 0 Å². The average Bonchev–Trinajstić information content (AvgIpc) is 3.02. The van der Waals surface area contributed by atoms with Crippen LogP contribution in [0.2, 0.25) is 0 Å². The van der Waals surface area contributed by atoms with E-state index in [-0.39, 0.29) is 24.0 Å². The lowest BCUT2D eigenvalue weighted by molar-refractivity contribution is 0.0584. The number of carbonyl (C=O) groups excluding carboxylic acids is 2. The van der Waals surface area contributed by atoms with Crippen molar-refractivity contribution in [3.63, 3.8) is 0 Å². The lowest BCUT2D eigenvalue weighted by atomic mass is 10.0. The maximum absolute atomic E-state index is 13.4. The SMILES string of the molecule is O=C(Nc1ccccc1-c1ccccc1)OC1CCN(CCCCCCCCCNCC(=O)c2ccc(O)c(F)c2)CC1. The van der Waals surface area contributed by atoms with E-state index in [1.807, 2.05) is 54.6 Å². The van der Waals surface area contributed by atoms with Gasteiger partial charge in [0.2, 0.25) is 0 Å². The largest absolute Gasteiger partial charge is 0.505 e. The molecule has 230 valence electrons. The van der Waals surface area contributed by atoms with Gasteiger partial charge in [0.25, 0.3) is 0 Å². The highest BCUT2D eigenvalue weighted by molar-refractivity contribution is 5.97. The lowest BCUT2D eigenvalue weighted by Crippen LogP contribution is -2.38. The molecular formula is C35H44FN3O4. The Bertz CT molecular complexity index is 1300. The third-order valence-electron chi connectivity index (χ3n) is 7.94. The molecule has 1 heterocycles. The molecule has 0 aliphatic carbocycles. The summed E-state index contributed by atoms with van der Waals surface area (Å²) in [5, 5.41) is 15.3. The molecule has 1 aliphatic heterocycles. The van der Waals surface area contributed by atoms with Gasteiger partial charge >= 0.3 is 6.09 Å². The van der Waals surface area contributed by atoms with Gasteiger partial charge in [0, 0.05) is 24.2 Å². The molecule has 3 aromatic rings. The van der Waals surface area contributed by atoms with Gasteiger partial charge in [-0.25, -0.2) is 9.18 Å². The number of unbranched alkanes of at least 4 members (excludes halogenated alkanes) is 6. The van der Waals surface area contributed by atoms with Crippen LogP contribution in [0, 0.1) is 5.82 Å². The Hall–Kier alpha value is -3.75. The third-order valence-corrected chi connectivity index (χ3v) is 7.94. The quantitative estimate of drug-likeness (QED) is 0.119. The van der Waals surface area contributed by atoms with Crippen molar-refractivity contribution >= 4 is 17.6 Å². The van der Waals surface area contributed by atoms with Crippen LogP contribution in [0.25, 0.3) is 11.1 Å². The first kappa shape index (κ1) is 32.2. The summed E-state index contributed by atoms with van der Waals surface area (Å²) in [4.78, 5) is 27.2. The van der Waals surface area contributed by atoms with Crippen LogP contribution in [0.15, 0.2) is 72.8 Å². The van der Waals surface area contributed by atoms with Gasteiger partial charge in [0.05, 0.1) is 12.2 Å². The van der Waals surface area contributed by atoms with Crippen LogP contribution in [0.1, 0.15) is 68.1 Å². The molecule has 1 aliphatic rings.